The van der Waals surface area contributed by atoms with Gasteiger partial charge in [0.25, 0.3) is 0 Å². The number of hydrogen-bond acceptors (Lipinski definition) is 2. The summed E-state index contributed by atoms with van der Waals surface area (Å²) in [7, 11) is 0. The minimum Gasteiger partial charge on any atom is -0.361 e. The average molecular weight is 382 g/mol. The normalized spacial score (nSPS) is 23.4. The lowest BCUT2D eigenvalue weighted by atomic mass is 9.72. The predicted octanol–water partition coefficient (Wildman–Crippen LogP) is 5.60. The van der Waals surface area contributed by atoms with Gasteiger partial charge in [0, 0.05) is 24.6 Å². The van der Waals surface area contributed by atoms with E-state index in [-0.39, 0.29) is 11.5 Å². The number of ketones is 1. The molecule has 3 aromatic carbocycles. The van der Waals surface area contributed by atoms with E-state index in [2.05, 4.69) is 83.8 Å². The van der Waals surface area contributed by atoms with Crippen LogP contribution in [0.4, 0.5) is 5.69 Å². The van der Waals surface area contributed by atoms with Crippen molar-refractivity contribution in [3.8, 4) is 0 Å². The van der Waals surface area contributed by atoms with E-state index in [0.717, 1.165) is 32.2 Å². The largest absolute Gasteiger partial charge is 0.361 e. The monoisotopic (exact) mass is 381 g/mol. The second-order valence-electron chi connectivity index (χ2n) is 8.67. The van der Waals surface area contributed by atoms with Gasteiger partial charge in [0.2, 0.25) is 0 Å². The second kappa shape index (κ2) is 7.51. The molecule has 1 fully saturated rings. The molecule has 1 saturated carbocycles. The van der Waals surface area contributed by atoms with Gasteiger partial charge < -0.3 is 4.90 Å². The first-order valence-electron chi connectivity index (χ1n) is 10.7. The lowest BCUT2D eigenvalue weighted by Gasteiger charge is -2.44. The molecule has 1 aliphatic heterocycles. The third-order valence-corrected chi connectivity index (χ3v) is 6.80. The highest BCUT2D eigenvalue weighted by atomic mass is 16.1. The van der Waals surface area contributed by atoms with Gasteiger partial charge in [0.05, 0.1) is 5.54 Å². The Hall–Kier alpha value is -2.87. The Morgan fingerprint density at radius 2 is 1.45 bits per heavy atom. The smallest absolute Gasteiger partial charge is 0.138 e. The van der Waals surface area contributed by atoms with Crippen LogP contribution in [0.5, 0.6) is 0 Å². The van der Waals surface area contributed by atoms with Crippen molar-refractivity contribution in [2.45, 2.75) is 44.2 Å². The van der Waals surface area contributed by atoms with Crippen molar-refractivity contribution in [1.82, 2.24) is 0 Å². The van der Waals surface area contributed by atoms with E-state index >= 15 is 0 Å². The van der Waals surface area contributed by atoms with Crippen LogP contribution in [0.2, 0.25) is 0 Å². The van der Waals surface area contributed by atoms with Crippen LogP contribution in [0.25, 0.3) is 0 Å². The number of rotatable bonds is 4. The van der Waals surface area contributed by atoms with E-state index in [0.29, 0.717) is 12.2 Å². The molecule has 0 bridgehead atoms. The summed E-state index contributed by atoms with van der Waals surface area (Å²) in [6.45, 7) is 0.870. The summed E-state index contributed by atoms with van der Waals surface area (Å²) >= 11 is 0. The summed E-state index contributed by atoms with van der Waals surface area (Å²) < 4.78 is 0. The summed E-state index contributed by atoms with van der Waals surface area (Å²) in [5.74, 6) is 0.594. The van der Waals surface area contributed by atoms with Crippen LogP contribution in [0.15, 0.2) is 84.9 Å². The highest BCUT2D eigenvalue weighted by molar-refractivity contribution is 5.85. The van der Waals surface area contributed by atoms with Gasteiger partial charge in [0.15, 0.2) is 0 Å². The molecular weight excluding hydrogens is 354 g/mol. The van der Waals surface area contributed by atoms with Crippen LogP contribution >= 0.6 is 0 Å². The maximum atomic E-state index is 13.3. The molecule has 1 aliphatic carbocycles. The Labute approximate surface area is 173 Å². The molecular formula is C27H27NO. The molecule has 0 amide bonds. The molecule has 2 atom stereocenters. The second-order valence-corrected chi connectivity index (χ2v) is 8.67. The van der Waals surface area contributed by atoms with Gasteiger partial charge in [0.1, 0.15) is 5.78 Å². The summed E-state index contributed by atoms with van der Waals surface area (Å²) in [5.41, 5.74) is 5.22. The number of anilines is 1. The molecule has 0 saturated heterocycles. The molecule has 2 aliphatic rings. The summed E-state index contributed by atoms with van der Waals surface area (Å²) in [4.78, 5) is 15.8. The minimum atomic E-state index is -0.0657. The van der Waals surface area contributed by atoms with Crippen LogP contribution in [0, 0.1) is 5.92 Å². The number of hydrogen-bond donors (Lipinski definition) is 0. The first kappa shape index (κ1) is 18.2. The van der Waals surface area contributed by atoms with Crippen LogP contribution in [0.1, 0.15) is 36.0 Å². The molecule has 3 aromatic rings. The first-order chi connectivity index (χ1) is 14.2. The molecule has 5 rings (SSSR count). The van der Waals surface area contributed by atoms with Gasteiger partial charge in [-0.05, 0) is 48.4 Å². The molecule has 146 valence electrons. The number of carbonyl (C=O) groups is 1. The van der Waals surface area contributed by atoms with Gasteiger partial charge in [-0.3, -0.25) is 4.79 Å². The molecule has 0 N–H and O–H groups in total. The summed E-state index contributed by atoms with van der Waals surface area (Å²) in [6.07, 6.45) is 4.58. The highest BCUT2D eigenvalue weighted by Crippen LogP contribution is 2.47. The molecule has 0 aromatic heterocycles. The summed E-state index contributed by atoms with van der Waals surface area (Å²) in [5, 5.41) is 0. The Kier molecular flexibility index (Phi) is 4.71. The van der Waals surface area contributed by atoms with E-state index in [4.69, 9.17) is 0 Å². The Bertz CT molecular complexity index is 997. The fraction of sp³-hybridized carbons (Fsp3) is 0.296. The van der Waals surface area contributed by atoms with E-state index in [1.165, 1.54) is 22.4 Å². The zero-order chi connectivity index (χ0) is 19.7. The topological polar surface area (TPSA) is 20.3 Å². The quantitative estimate of drug-likeness (QED) is 0.586. The van der Waals surface area contributed by atoms with E-state index < -0.39 is 0 Å². The van der Waals surface area contributed by atoms with Crippen molar-refractivity contribution in [3.05, 3.63) is 102 Å². The van der Waals surface area contributed by atoms with Crippen molar-refractivity contribution in [1.29, 1.82) is 0 Å². The number of fused-ring (bicyclic) bond motifs is 1. The SMILES string of the molecule is O=C1C[C@]2(CC[C@H]1Cc1ccccc1)Cc1ccccc1N2Cc1ccccc1. The van der Waals surface area contributed by atoms with Crippen molar-refractivity contribution in [2.75, 3.05) is 4.90 Å². The fourth-order valence-electron chi connectivity index (χ4n) is 5.30. The van der Waals surface area contributed by atoms with E-state index in [9.17, 15) is 4.79 Å². The van der Waals surface area contributed by atoms with Gasteiger partial charge in [-0.1, -0.05) is 78.9 Å². The van der Waals surface area contributed by atoms with Crippen LogP contribution in [-0.4, -0.2) is 11.3 Å². The van der Waals surface area contributed by atoms with Crippen LogP contribution < -0.4 is 4.90 Å². The minimum absolute atomic E-state index is 0.0657. The predicted molar refractivity (Wildman–Crippen MR) is 118 cm³/mol. The number of benzene rings is 3. The highest BCUT2D eigenvalue weighted by Gasteiger charge is 2.48. The third-order valence-electron chi connectivity index (χ3n) is 6.80. The van der Waals surface area contributed by atoms with Gasteiger partial charge >= 0.3 is 0 Å². The maximum absolute atomic E-state index is 13.3. The molecule has 2 heteroatoms. The summed E-state index contributed by atoms with van der Waals surface area (Å²) in [6, 6.07) is 29.8. The van der Waals surface area contributed by atoms with E-state index in [1.54, 1.807) is 0 Å². The number of Topliss-reactive ketones (excluding diaryl/α,β-unsaturated/α-hetero) is 1. The Morgan fingerprint density at radius 1 is 0.793 bits per heavy atom. The number of para-hydroxylation sites is 1. The zero-order valence-electron chi connectivity index (χ0n) is 16.8. The third kappa shape index (κ3) is 3.48. The zero-order valence-corrected chi connectivity index (χ0v) is 16.8. The fourth-order valence-corrected chi connectivity index (χ4v) is 5.30. The van der Waals surface area contributed by atoms with Crippen molar-refractivity contribution in [2.24, 2.45) is 5.92 Å². The number of carbonyl (C=O) groups excluding carboxylic acids is 1. The average Bonchev–Trinajstić information content (AvgIpc) is 3.04. The lowest BCUT2D eigenvalue weighted by molar-refractivity contribution is -0.126. The van der Waals surface area contributed by atoms with Crippen molar-refractivity contribution >= 4 is 11.5 Å². The van der Waals surface area contributed by atoms with Gasteiger partial charge in [-0.2, -0.15) is 0 Å². The molecule has 1 spiro atoms. The lowest BCUT2D eigenvalue weighted by Crippen LogP contribution is -2.52. The van der Waals surface area contributed by atoms with E-state index in [1.807, 2.05) is 6.07 Å². The van der Waals surface area contributed by atoms with Gasteiger partial charge in [-0.15, -0.1) is 0 Å². The first-order valence-corrected chi connectivity index (χ1v) is 10.7. The Morgan fingerprint density at radius 3 is 2.17 bits per heavy atom. The molecule has 1 heterocycles. The molecule has 0 radical (unpaired) electrons. The Balaban J connectivity index is 1.41. The van der Waals surface area contributed by atoms with Crippen molar-refractivity contribution < 1.29 is 4.79 Å². The molecule has 29 heavy (non-hydrogen) atoms. The number of nitrogens with zero attached hydrogens (tertiary/aromatic N) is 1. The maximum Gasteiger partial charge on any atom is 0.138 e. The molecule has 0 unspecified atom stereocenters. The van der Waals surface area contributed by atoms with Crippen LogP contribution in [0.3, 0.4) is 0 Å². The van der Waals surface area contributed by atoms with Crippen molar-refractivity contribution in [3.63, 3.8) is 0 Å². The van der Waals surface area contributed by atoms with Crippen LogP contribution in [-0.2, 0) is 24.2 Å². The van der Waals surface area contributed by atoms with Gasteiger partial charge in [-0.25, -0.2) is 0 Å². The molecule has 2 nitrogen and oxygen atoms in total. The standard InChI is InChI=1S/C27H27NO/c29-26-19-27(16-15-23(26)17-21-9-3-1-4-10-21)18-24-13-7-8-14-25(24)28(27)20-22-11-5-2-6-12-22/h1-14,23H,15-20H2/t23-,27-/m0/s1.